The Labute approximate surface area is 214 Å². The van der Waals surface area contributed by atoms with Gasteiger partial charge in [-0.05, 0) is 43.9 Å². The molecular weight excluding hydrogens is 478 g/mol. The van der Waals surface area contributed by atoms with Crippen LogP contribution >= 0.6 is 0 Å². The summed E-state index contributed by atoms with van der Waals surface area (Å²) in [4.78, 5) is 28.3. The molecule has 2 amide bonds. The van der Waals surface area contributed by atoms with Crippen molar-refractivity contribution in [2.45, 2.75) is 57.5 Å². The SMILES string of the molecule is COc1ccccc1N(CC(=O)N(CCc1ccccc1)C(C)C(=O)NC1CCCCC1)S(C)(=O)=O. The van der Waals surface area contributed by atoms with Crippen LogP contribution in [0.4, 0.5) is 5.69 Å². The number of nitrogens with zero attached hydrogens (tertiary/aromatic N) is 2. The van der Waals surface area contributed by atoms with Crippen LogP contribution in [0.5, 0.6) is 5.75 Å². The molecule has 3 rings (SSSR count). The molecule has 1 saturated carbocycles. The van der Waals surface area contributed by atoms with Gasteiger partial charge in [-0.2, -0.15) is 0 Å². The molecule has 36 heavy (non-hydrogen) atoms. The number of anilines is 1. The molecule has 1 aliphatic carbocycles. The van der Waals surface area contributed by atoms with E-state index in [-0.39, 0.29) is 24.2 Å². The molecule has 1 unspecified atom stereocenters. The fraction of sp³-hybridized carbons (Fsp3) is 0.481. The van der Waals surface area contributed by atoms with E-state index in [4.69, 9.17) is 4.74 Å². The summed E-state index contributed by atoms with van der Waals surface area (Å²) < 4.78 is 31.8. The third-order valence-electron chi connectivity index (χ3n) is 6.64. The maximum atomic E-state index is 13.6. The van der Waals surface area contributed by atoms with E-state index < -0.39 is 28.5 Å². The van der Waals surface area contributed by atoms with Gasteiger partial charge in [0.1, 0.15) is 18.3 Å². The van der Waals surface area contributed by atoms with Gasteiger partial charge < -0.3 is 15.0 Å². The largest absolute Gasteiger partial charge is 0.495 e. The second-order valence-electron chi connectivity index (χ2n) is 9.28. The Morgan fingerprint density at radius 3 is 2.31 bits per heavy atom. The Morgan fingerprint density at radius 1 is 1.03 bits per heavy atom. The molecule has 0 bridgehead atoms. The Balaban J connectivity index is 1.84. The molecule has 0 aliphatic heterocycles. The standard InChI is InChI=1S/C27H37N3O5S/c1-21(27(32)28-23-14-8-5-9-15-23)29(19-18-22-12-6-4-7-13-22)26(31)20-30(36(3,33)34)24-16-10-11-17-25(24)35-2/h4,6-7,10-13,16-17,21,23H,5,8-9,14-15,18-20H2,1-3H3,(H,28,32). The maximum absolute atomic E-state index is 13.6. The second kappa shape index (κ2) is 12.8. The number of carbonyl (C=O) groups is 2. The molecule has 1 N–H and O–H groups in total. The third-order valence-corrected chi connectivity index (χ3v) is 7.76. The lowest BCUT2D eigenvalue weighted by atomic mass is 9.95. The third kappa shape index (κ3) is 7.46. The maximum Gasteiger partial charge on any atom is 0.244 e. The number of methoxy groups -OCH3 is 1. The van der Waals surface area contributed by atoms with Crippen molar-refractivity contribution in [3.63, 3.8) is 0 Å². The van der Waals surface area contributed by atoms with E-state index in [0.717, 1.165) is 41.8 Å². The molecule has 196 valence electrons. The smallest absolute Gasteiger partial charge is 0.244 e. The lowest BCUT2D eigenvalue weighted by Gasteiger charge is -2.33. The molecule has 0 heterocycles. The first-order chi connectivity index (χ1) is 17.2. The van der Waals surface area contributed by atoms with Crippen molar-refractivity contribution in [3.8, 4) is 5.75 Å². The minimum Gasteiger partial charge on any atom is -0.495 e. The van der Waals surface area contributed by atoms with Crippen LogP contribution in [0.15, 0.2) is 54.6 Å². The summed E-state index contributed by atoms with van der Waals surface area (Å²) in [5, 5.41) is 3.10. The van der Waals surface area contributed by atoms with E-state index in [2.05, 4.69) is 5.32 Å². The van der Waals surface area contributed by atoms with E-state index in [1.807, 2.05) is 30.3 Å². The Kier molecular flexibility index (Phi) is 9.75. The highest BCUT2D eigenvalue weighted by Gasteiger charge is 2.31. The first kappa shape index (κ1) is 27.5. The van der Waals surface area contributed by atoms with Crippen molar-refractivity contribution in [2.75, 3.05) is 30.8 Å². The zero-order valence-electron chi connectivity index (χ0n) is 21.4. The molecule has 0 radical (unpaired) electrons. The lowest BCUT2D eigenvalue weighted by Crippen LogP contribution is -2.53. The van der Waals surface area contributed by atoms with Crippen LogP contribution in [0, 0.1) is 0 Å². The molecule has 0 saturated heterocycles. The van der Waals surface area contributed by atoms with Gasteiger partial charge in [-0.3, -0.25) is 13.9 Å². The molecular formula is C27H37N3O5S. The normalized spacial score (nSPS) is 15.1. The highest BCUT2D eigenvalue weighted by Crippen LogP contribution is 2.29. The predicted molar refractivity (Wildman–Crippen MR) is 142 cm³/mol. The van der Waals surface area contributed by atoms with Crippen LogP contribution in [0.3, 0.4) is 0 Å². The summed E-state index contributed by atoms with van der Waals surface area (Å²) in [6, 6.07) is 15.7. The van der Waals surface area contributed by atoms with Crippen molar-refractivity contribution < 1.29 is 22.7 Å². The van der Waals surface area contributed by atoms with Gasteiger partial charge in [-0.25, -0.2) is 8.42 Å². The minimum absolute atomic E-state index is 0.112. The average Bonchev–Trinajstić information content (AvgIpc) is 2.87. The van der Waals surface area contributed by atoms with E-state index in [9.17, 15) is 18.0 Å². The van der Waals surface area contributed by atoms with Crippen molar-refractivity contribution in [1.82, 2.24) is 10.2 Å². The van der Waals surface area contributed by atoms with Gasteiger partial charge in [0.25, 0.3) is 0 Å². The van der Waals surface area contributed by atoms with Gasteiger partial charge >= 0.3 is 0 Å². The fourth-order valence-corrected chi connectivity index (χ4v) is 5.42. The number of rotatable bonds is 11. The minimum atomic E-state index is -3.81. The molecule has 1 fully saturated rings. The molecule has 1 atom stereocenters. The number of nitrogens with one attached hydrogen (secondary N) is 1. The van der Waals surface area contributed by atoms with E-state index >= 15 is 0 Å². The van der Waals surface area contributed by atoms with E-state index in [1.165, 1.54) is 18.4 Å². The van der Waals surface area contributed by atoms with Gasteiger partial charge in [0.2, 0.25) is 21.8 Å². The summed E-state index contributed by atoms with van der Waals surface area (Å²) in [5.74, 6) is -0.324. The monoisotopic (exact) mass is 515 g/mol. The predicted octanol–water partition coefficient (Wildman–Crippen LogP) is 3.37. The number of para-hydroxylation sites is 2. The van der Waals surface area contributed by atoms with Crippen LogP contribution in [-0.2, 0) is 26.0 Å². The molecule has 8 nitrogen and oxygen atoms in total. The molecule has 0 aromatic heterocycles. The number of carbonyl (C=O) groups excluding carboxylic acids is 2. The Bertz CT molecular complexity index is 1120. The Hall–Kier alpha value is -3.07. The average molecular weight is 516 g/mol. The van der Waals surface area contributed by atoms with Crippen molar-refractivity contribution in [3.05, 3.63) is 60.2 Å². The zero-order valence-corrected chi connectivity index (χ0v) is 22.2. The number of sulfonamides is 1. The number of hydrogen-bond acceptors (Lipinski definition) is 5. The number of hydrogen-bond donors (Lipinski definition) is 1. The Morgan fingerprint density at radius 2 is 1.67 bits per heavy atom. The molecule has 1 aliphatic rings. The first-order valence-electron chi connectivity index (χ1n) is 12.4. The highest BCUT2D eigenvalue weighted by molar-refractivity contribution is 7.92. The van der Waals surface area contributed by atoms with Crippen LogP contribution in [0.2, 0.25) is 0 Å². The topological polar surface area (TPSA) is 96.0 Å². The molecule has 2 aromatic rings. The van der Waals surface area contributed by atoms with Crippen molar-refractivity contribution in [1.29, 1.82) is 0 Å². The summed E-state index contributed by atoms with van der Waals surface area (Å²) in [5.41, 5.74) is 1.30. The zero-order chi connectivity index (χ0) is 26.1. The number of ether oxygens (including phenoxy) is 1. The van der Waals surface area contributed by atoms with Crippen LogP contribution in [0.1, 0.15) is 44.6 Å². The number of amides is 2. The lowest BCUT2D eigenvalue weighted by molar-refractivity contribution is -0.139. The van der Waals surface area contributed by atoms with Gasteiger partial charge in [0.05, 0.1) is 19.1 Å². The highest BCUT2D eigenvalue weighted by atomic mass is 32.2. The summed E-state index contributed by atoms with van der Waals surface area (Å²) in [7, 11) is -2.36. The quantitative estimate of drug-likeness (QED) is 0.495. The second-order valence-corrected chi connectivity index (χ2v) is 11.2. The summed E-state index contributed by atoms with van der Waals surface area (Å²) in [6.07, 6.45) is 6.81. The van der Waals surface area contributed by atoms with Crippen molar-refractivity contribution >= 4 is 27.5 Å². The van der Waals surface area contributed by atoms with E-state index in [1.54, 1.807) is 31.2 Å². The van der Waals surface area contributed by atoms with Crippen LogP contribution < -0.4 is 14.4 Å². The first-order valence-corrected chi connectivity index (χ1v) is 14.3. The van der Waals surface area contributed by atoms with Gasteiger partial charge in [-0.15, -0.1) is 0 Å². The summed E-state index contributed by atoms with van der Waals surface area (Å²) >= 11 is 0. The molecule has 0 spiro atoms. The molecule has 2 aromatic carbocycles. The summed E-state index contributed by atoms with van der Waals surface area (Å²) in [6.45, 7) is 1.55. The van der Waals surface area contributed by atoms with Crippen molar-refractivity contribution in [2.24, 2.45) is 0 Å². The van der Waals surface area contributed by atoms with Crippen LogP contribution in [0.25, 0.3) is 0 Å². The van der Waals surface area contributed by atoms with Gasteiger partial charge in [0.15, 0.2) is 0 Å². The van der Waals surface area contributed by atoms with Gasteiger partial charge in [0, 0.05) is 12.6 Å². The molecule has 9 heteroatoms. The van der Waals surface area contributed by atoms with Gasteiger partial charge in [-0.1, -0.05) is 61.7 Å². The van der Waals surface area contributed by atoms with Crippen LogP contribution in [-0.4, -0.2) is 63.7 Å². The number of benzene rings is 2. The fourth-order valence-electron chi connectivity index (χ4n) is 4.57. The van der Waals surface area contributed by atoms with E-state index in [0.29, 0.717) is 12.2 Å².